The first-order valence-corrected chi connectivity index (χ1v) is 7.31. The van der Waals surface area contributed by atoms with Gasteiger partial charge in [0.1, 0.15) is 5.75 Å². The highest BCUT2D eigenvalue weighted by molar-refractivity contribution is 9.10. The van der Waals surface area contributed by atoms with Crippen LogP contribution in [0.4, 0.5) is 5.69 Å². The fourth-order valence-corrected chi connectivity index (χ4v) is 2.74. The Hall–Kier alpha value is -2.20. The van der Waals surface area contributed by atoms with Crippen LogP contribution in [0.15, 0.2) is 58.1 Å². The summed E-state index contributed by atoms with van der Waals surface area (Å²) in [6, 6.07) is 13.5. The zero-order valence-corrected chi connectivity index (χ0v) is 13.0. The lowest BCUT2D eigenvalue weighted by Crippen LogP contribution is -1.86. The molecule has 1 N–H and O–H groups in total. The number of nitrogens with zero attached hydrogens (tertiary/aromatic N) is 2. The first-order chi connectivity index (χ1) is 10.1. The van der Waals surface area contributed by atoms with Crippen molar-refractivity contribution < 1.29 is 5.11 Å². The van der Waals surface area contributed by atoms with Gasteiger partial charge in [0.2, 0.25) is 0 Å². The number of aryl methyl sites for hydroxylation is 1. The van der Waals surface area contributed by atoms with E-state index in [0.29, 0.717) is 10.0 Å². The molecule has 0 aliphatic rings. The molecule has 0 fully saturated rings. The molecular weight excluding hydrogens is 328 g/mol. The Bertz CT molecular complexity index is 843. The number of aromatic nitrogens is 1. The molecule has 0 aliphatic carbocycles. The molecule has 0 saturated heterocycles. The van der Waals surface area contributed by atoms with Crippen molar-refractivity contribution in [2.75, 3.05) is 0 Å². The summed E-state index contributed by atoms with van der Waals surface area (Å²) < 4.78 is 0.673. The molecule has 21 heavy (non-hydrogen) atoms. The van der Waals surface area contributed by atoms with Crippen LogP contribution in [-0.2, 0) is 0 Å². The molecule has 0 saturated carbocycles. The van der Waals surface area contributed by atoms with Gasteiger partial charge in [0, 0.05) is 23.4 Å². The van der Waals surface area contributed by atoms with Crippen LogP contribution >= 0.6 is 15.9 Å². The maximum absolute atomic E-state index is 10.0. The van der Waals surface area contributed by atoms with Crippen LogP contribution in [0.3, 0.4) is 0 Å². The van der Waals surface area contributed by atoms with Gasteiger partial charge in [-0.25, -0.2) is 0 Å². The molecule has 0 atom stereocenters. The normalized spacial score (nSPS) is 11.3. The molecule has 3 aromatic rings. The maximum atomic E-state index is 10.0. The monoisotopic (exact) mass is 340 g/mol. The summed E-state index contributed by atoms with van der Waals surface area (Å²) in [5.41, 5.74) is 3.52. The van der Waals surface area contributed by atoms with Crippen LogP contribution < -0.4 is 0 Å². The minimum absolute atomic E-state index is 0.201. The van der Waals surface area contributed by atoms with Gasteiger partial charge in [0.05, 0.1) is 15.7 Å². The highest BCUT2D eigenvalue weighted by Crippen LogP contribution is 2.29. The molecule has 0 unspecified atom stereocenters. The van der Waals surface area contributed by atoms with Crippen LogP contribution in [0, 0.1) is 6.92 Å². The van der Waals surface area contributed by atoms with Crippen LogP contribution in [-0.4, -0.2) is 16.3 Å². The third-order valence-electron chi connectivity index (χ3n) is 3.18. The number of hydrogen-bond acceptors (Lipinski definition) is 3. The van der Waals surface area contributed by atoms with Gasteiger partial charge in [-0.3, -0.25) is 9.98 Å². The topological polar surface area (TPSA) is 45.5 Å². The fraction of sp³-hybridized carbons (Fsp3) is 0.0588. The van der Waals surface area contributed by atoms with E-state index in [4.69, 9.17) is 0 Å². The minimum atomic E-state index is 0.201. The van der Waals surface area contributed by atoms with Gasteiger partial charge in [0.15, 0.2) is 0 Å². The highest BCUT2D eigenvalue weighted by atomic mass is 79.9. The van der Waals surface area contributed by atoms with Gasteiger partial charge in [-0.2, -0.15) is 0 Å². The van der Waals surface area contributed by atoms with Crippen LogP contribution in [0.25, 0.3) is 10.9 Å². The SMILES string of the molecule is Cc1cc(Br)c(O)c(C=Nc2ccc3ncccc3c2)c1. The minimum Gasteiger partial charge on any atom is -0.506 e. The van der Waals surface area contributed by atoms with Crippen molar-refractivity contribution in [1.82, 2.24) is 4.98 Å². The van der Waals surface area contributed by atoms with Gasteiger partial charge < -0.3 is 5.11 Å². The van der Waals surface area contributed by atoms with E-state index in [9.17, 15) is 5.11 Å². The van der Waals surface area contributed by atoms with E-state index in [1.807, 2.05) is 49.4 Å². The van der Waals surface area contributed by atoms with Gasteiger partial charge in [0.25, 0.3) is 0 Å². The molecule has 0 bridgehead atoms. The summed E-state index contributed by atoms with van der Waals surface area (Å²) in [6.07, 6.45) is 3.44. The zero-order valence-electron chi connectivity index (χ0n) is 11.4. The van der Waals surface area contributed by atoms with Crippen molar-refractivity contribution in [1.29, 1.82) is 0 Å². The third-order valence-corrected chi connectivity index (χ3v) is 3.78. The number of phenolic OH excluding ortho intramolecular Hbond substituents is 1. The average molecular weight is 341 g/mol. The van der Waals surface area contributed by atoms with Crippen molar-refractivity contribution in [2.24, 2.45) is 4.99 Å². The number of phenols is 1. The molecule has 2 aromatic carbocycles. The number of aliphatic imine (C=N–C) groups is 1. The Morgan fingerprint density at radius 3 is 2.90 bits per heavy atom. The van der Waals surface area contributed by atoms with Gasteiger partial charge in [-0.15, -0.1) is 0 Å². The smallest absolute Gasteiger partial charge is 0.138 e. The second-order valence-corrected chi connectivity index (χ2v) is 5.68. The Kier molecular flexibility index (Phi) is 3.71. The number of halogens is 1. The number of aromatic hydroxyl groups is 1. The van der Waals surface area contributed by atoms with E-state index >= 15 is 0 Å². The zero-order chi connectivity index (χ0) is 14.8. The third kappa shape index (κ3) is 2.95. The molecule has 4 heteroatoms. The lowest BCUT2D eigenvalue weighted by atomic mass is 10.1. The molecule has 3 rings (SSSR count). The molecule has 1 aromatic heterocycles. The van der Waals surface area contributed by atoms with E-state index in [2.05, 4.69) is 25.9 Å². The predicted octanol–water partition coefficient (Wildman–Crippen LogP) is 4.76. The molecule has 0 amide bonds. The van der Waals surface area contributed by atoms with Crippen molar-refractivity contribution in [3.05, 3.63) is 64.3 Å². The van der Waals surface area contributed by atoms with Crippen molar-refractivity contribution in [2.45, 2.75) is 6.92 Å². The van der Waals surface area contributed by atoms with Gasteiger partial charge >= 0.3 is 0 Å². The Balaban J connectivity index is 1.98. The van der Waals surface area contributed by atoms with Crippen molar-refractivity contribution in [3.8, 4) is 5.75 Å². The quantitative estimate of drug-likeness (QED) is 0.683. The molecule has 0 spiro atoms. The Morgan fingerprint density at radius 1 is 1.19 bits per heavy atom. The summed E-state index contributed by atoms with van der Waals surface area (Å²) in [7, 11) is 0. The first kappa shape index (κ1) is 13.8. The predicted molar refractivity (Wildman–Crippen MR) is 89.5 cm³/mol. The first-order valence-electron chi connectivity index (χ1n) is 6.51. The lowest BCUT2D eigenvalue weighted by Gasteiger charge is -2.04. The van der Waals surface area contributed by atoms with Crippen molar-refractivity contribution >= 4 is 38.7 Å². The number of benzene rings is 2. The molecule has 1 heterocycles. The Labute approximate surface area is 131 Å². The second kappa shape index (κ2) is 5.66. The van der Waals surface area contributed by atoms with E-state index in [1.165, 1.54) is 0 Å². The van der Waals surface area contributed by atoms with Crippen LogP contribution in [0.2, 0.25) is 0 Å². The number of hydrogen-bond donors (Lipinski definition) is 1. The highest BCUT2D eigenvalue weighted by Gasteiger charge is 2.04. The van der Waals surface area contributed by atoms with Crippen molar-refractivity contribution in [3.63, 3.8) is 0 Å². The summed E-state index contributed by atoms with van der Waals surface area (Å²) >= 11 is 3.34. The number of fused-ring (bicyclic) bond motifs is 1. The van der Waals surface area contributed by atoms with Gasteiger partial charge in [-0.05, 0) is 64.8 Å². The van der Waals surface area contributed by atoms with Gasteiger partial charge in [-0.1, -0.05) is 6.07 Å². The maximum Gasteiger partial charge on any atom is 0.138 e. The second-order valence-electron chi connectivity index (χ2n) is 4.82. The van der Waals surface area contributed by atoms with Crippen LogP contribution in [0.1, 0.15) is 11.1 Å². The molecule has 104 valence electrons. The van der Waals surface area contributed by atoms with E-state index in [1.54, 1.807) is 12.4 Å². The van der Waals surface area contributed by atoms with E-state index < -0.39 is 0 Å². The van der Waals surface area contributed by atoms with E-state index in [0.717, 1.165) is 22.2 Å². The Morgan fingerprint density at radius 2 is 2.05 bits per heavy atom. The fourth-order valence-electron chi connectivity index (χ4n) is 2.15. The molecule has 0 radical (unpaired) electrons. The number of pyridine rings is 1. The summed E-state index contributed by atoms with van der Waals surface area (Å²) in [5.74, 6) is 0.201. The molecular formula is C17H13BrN2O. The molecule has 3 nitrogen and oxygen atoms in total. The number of rotatable bonds is 2. The molecule has 0 aliphatic heterocycles. The van der Waals surface area contributed by atoms with E-state index in [-0.39, 0.29) is 5.75 Å². The lowest BCUT2D eigenvalue weighted by molar-refractivity contribution is 0.471. The standard InChI is InChI=1S/C17H13BrN2O/c1-11-7-13(17(21)15(18)8-11)10-20-14-4-5-16-12(9-14)3-2-6-19-16/h2-10,21H,1H3. The van der Waals surface area contributed by atoms with Crippen LogP contribution in [0.5, 0.6) is 5.75 Å². The largest absolute Gasteiger partial charge is 0.506 e. The summed E-state index contributed by atoms with van der Waals surface area (Å²) in [4.78, 5) is 8.72. The summed E-state index contributed by atoms with van der Waals surface area (Å²) in [5, 5.41) is 11.1. The summed E-state index contributed by atoms with van der Waals surface area (Å²) in [6.45, 7) is 1.98. The average Bonchev–Trinajstić information content (AvgIpc) is 2.49.